The van der Waals surface area contributed by atoms with E-state index in [1.807, 2.05) is 18.2 Å². The van der Waals surface area contributed by atoms with E-state index in [0.717, 1.165) is 5.56 Å². The number of nitrogens with one attached hydrogen (secondary N) is 2. The molecule has 3 amide bonds. The molecule has 1 fully saturated rings. The standard InChI is InChI=1S/C21H24FN3O4/c1-28-18-7-6-14(10-19(18)29-2)8-9-23-21(27)24-16-12-20(26)25(13-16)17-5-3-4-15(22)11-17/h3-7,10-11,16H,8-9,12-13H2,1-2H3,(H2,23,24,27). The maximum absolute atomic E-state index is 13.4. The zero-order chi connectivity index (χ0) is 20.8. The molecular weight excluding hydrogens is 377 g/mol. The molecular formula is C21H24FN3O4. The molecule has 8 heteroatoms. The molecule has 1 saturated heterocycles. The number of carbonyl (C=O) groups is 2. The van der Waals surface area contributed by atoms with Gasteiger partial charge >= 0.3 is 6.03 Å². The molecule has 0 saturated carbocycles. The molecule has 0 bridgehead atoms. The van der Waals surface area contributed by atoms with Crippen LogP contribution in [0.5, 0.6) is 11.5 Å². The zero-order valence-corrected chi connectivity index (χ0v) is 16.4. The van der Waals surface area contributed by atoms with Crippen LogP contribution >= 0.6 is 0 Å². The lowest BCUT2D eigenvalue weighted by molar-refractivity contribution is -0.117. The second-order valence-corrected chi connectivity index (χ2v) is 6.72. The van der Waals surface area contributed by atoms with Gasteiger partial charge in [-0.05, 0) is 42.3 Å². The number of benzene rings is 2. The summed E-state index contributed by atoms with van der Waals surface area (Å²) in [5.74, 6) is 0.734. The summed E-state index contributed by atoms with van der Waals surface area (Å²) in [4.78, 5) is 25.8. The lowest BCUT2D eigenvalue weighted by atomic mass is 10.1. The Bertz CT molecular complexity index is 890. The first-order valence-corrected chi connectivity index (χ1v) is 9.31. The van der Waals surface area contributed by atoms with Crippen molar-refractivity contribution in [1.29, 1.82) is 0 Å². The minimum absolute atomic E-state index is 0.147. The lowest BCUT2D eigenvalue weighted by Gasteiger charge is -2.17. The normalized spacial score (nSPS) is 15.9. The zero-order valence-electron chi connectivity index (χ0n) is 16.4. The fourth-order valence-electron chi connectivity index (χ4n) is 3.29. The largest absolute Gasteiger partial charge is 0.493 e. The number of amides is 3. The number of ether oxygens (including phenoxy) is 2. The Kier molecular flexibility index (Phi) is 6.54. The first-order chi connectivity index (χ1) is 14.0. The monoisotopic (exact) mass is 401 g/mol. The van der Waals surface area contributed by atoms with Gasteiger partial charge in [0.2, 0.25) is 5.91 Å². The number of nitrogens with zero attached hydrogens (tertiary/aromatic N) is 1. The van der Waals surface area contributed by atoms with Gasteiger partial charge in [0, 0.05) is 25.2 Å². The fourth-order valence-corrected chi connectivity index (χ4v) is 3.29. The molecule has 3 rings (SSSR count). The van der Waals surface area contributed by atoms with Crippen molar-refractivity contribution in [3.05, 3.63) is 53.8 Å². The number of anilines is 1. The third-order valence-electron chi connectivity index (χ3n) is 4.73. The van der Waals surface area contributed by atoms with Crippen LogP contribution in [0.2, 0.25) is 0 Å². The van der Waals surface area contributed by atoms with Gasteiger partial charge in [-0.15, -0.1) is 0 Å². The van der Waals surface area contributed by atoms with Crippen LogP contribution in [0.3, 0.4) is 0 Å². The predicted octanol–water partition coefficient (Wildman–Crippen LogP) is 2.49. The van der Waals surface area contributed by atoms with E-state index in [4.69, 9.17) is 9.47 Å². The lowest BCUT2D eigenvalue weighted by Crippen LogP contribution is -2.43. The molecule has 1 heterocycles. The highest BCUT2D eigenvalue weighted by Gasteiger charge is 2.31. The van der Waals surface area contributed by atoms with Gasteiger partial charge in [0.05, 0.1) is 20.3 Å². The van der Waals surface area contributed by atoms with Gasteiger partial charge in [0.25, 0.3) is 0 Å². The molecule has 29 heavy (non-hydrogen) atoms. The second-order valence-electron chi connectivity index (χ2n) is 6.72. The SMILES string of the molecule is COc1ccc(CCNC(=O)NC2CC(=O)N(c3cccc(F)c3)C2)cc1OC. The van der Waals surface area contributed by atoms with Gasteiger partial charge in [-0.25, -0.2) is 9.18 Å². The smallest absolute Gasteiger partial charge is 0.315 e. The molecule has 2 N–H and O–H groups in total. The van der Waals surface area contributed by atoms with Crippen LogP contribution in [-0.4, -0.2) is 45.3 Å². The number of carbonyl (C=O) groups excluding carboxylic acids is 2. The molecule has 0 radical (unpaired) electrons. The predicted molar refractivity (Wildman–Crippen MR) is 107 cm³/mol. The number of halogens is 1. The molecule has 1 atom stereocenters. The van der Waals surface area contributed by atoms with Crippen LogP contribution in [-0.2, 0) is 11.2 Å². The van der Waals surface area contributed by atoms with E-state index in [1.165, 1.54) is 17.0 Å². The van der Waals surface area contributed by atoms with Gasteiger partial charge < -0.3 is 25.0 Å². The molecule has 0 aromatic heterocycles. The summed E-state index contributed by atoms with van der Waals surface area (Å²) in [7, 11) is 3.15. The van der Waals surface area contributed by atoms with E-state index in [-0.39, 0.29) is 24.4 Å². The van der Waals surface area contributed by atoms with Crippen molar-refractivity contribution >= 4 is 17.6 Å². The van der Waals surface area contributed by atoms with Gasteiger partial charge in [-0.3, -0.25) is 4.79 Å². The Balaban J connectivity index is 1.47. The summed E-state index contributed by atoms with van der Waals surface area (Å²) in [5.41, 5.74) is 1.49. The maximum atomic E-state index is 13.4. The number of hydrogen-bond acceptors (Lipinski definition) is 4. The van der Waals surface area contributed by atoms with Crippen LogP contribution < -0.4 is 25.0 Å². The third-order valence-corrected chi connectivity index (χ3v) is 4.73. The van der Waals surface area contributed by atoms with E-state index in [9.17, 15) is 14.0 Å². The molecule has 0 aliphatic carbocycles. The van der Waals surface area contributed by atoms with Crippen LogP contribution in [0.15, 0.2) is 42.5 Å². The first kappa shape index (κ1) is 20.4. The second kappa shape index (κ2) is 9.27. The van der Waals surface area contributed by atoms with Crippen molar-refractivity contribution in [2.45, 2.75) is 18.9 Å². The van der Waals surface area contributed by atoms with Crippen LogP contribution in [0.25, 0.3) is 0 Å². The van der Waals surface area contributed by atoms with Crippen molar-refractivity contribution in [2.24, 2.45) is 0 Å². The van der Waals surface area contributed by atoms with E-state index >= 15 is 0 Å². The number of methoxy groups -OCH3 is 2. The van der Waals surface area contributed by atoms with Gasteiger partial charge in [-0.1, -0.05) is 12.1 Å². The highest BCUT2D eigenvalue weighted by molar-refractivity contribution is 5.96. The maximum Gasteiger partial charge on any atom is 0.315 e. The van der Waals surface area contributed by atoms with Crippen molar-refractivity contribution in [3.8, 4) is 11.5 Å². The summed E-state index contributed by atoms with van der Waals surface area (Å²) < 4.78 is 23.9. The third kappa shape index (κ3) is 5.16. The molecule has 1 aliphatic heterocycles. The van der Waals surface area contributed by atoms with Crippen molar-refractivity contribution in [2.75, 3.05) is 32.2 Å². The van der Waals surface area contributed by atoms with Crippen LogP contribution in [0.1, 0.15) is 12.0 Å². The summed E-state index contributed by atoms with van der Waals surface area (Å²) in [6.07, 6.45) is 0.798. The van der Waals surface area contributed by atoms with Gasteiger partial charge in [-0.2, -0.15) is 0 Å². The minimum atomic E-state index is -0.403. The average molecular weight is 401 g/mol. The Hall–Kier alpha value is -3.29. The van der Waals surface area contributed by atoms with Crippen molar-refractivity contribution < 1.29 is 23.5 Å². The number of rotatable bonds is 7. The van der Waals surface area contributed by atoms with E-state index in [2.05, 4.69) is 10.6 Å². The highest BCUT2D eigenvalue weighted by atomic mass is 19.1. The topological polar surface area (TPSA) is 79.9 Å². The summed E-state index contributed by atoms with van der Waals surface area (Å²) >= 11 is 0. The van der Waals surface area contributed by atoms with Gasteiger partial charge in [0.15, 0.2) is 11.5 Å². The van der Waals surface area contributed by atoms with Crippen molar-refractivity contribution in [1.82, 2.24) is 10.6 Å². The summed E-state index contributed by atoms with van der Waals surface area (Å²) in [6, 6.07) is 10.8. The fraction of sp³-hybridized carbons (Fsp3) is 0.333. The van der Waals surface area contributed by atoms with Crippen molar-refractivity contribution in [3.63, 3.8) is 0 Å². The van der Waals surface area contributed by atoms with E-state index < -0.39 is 5.82 Å². The Morgan fingerprint density at radius 3 is 2.69 bits per heavy atom. The quantitative estimate of drug-likeness (QED) is 0.747. The van der Waals surface area contributed by atoms with E-state index in [0.29, 0.717) is 36.7 Å². The Labute approximate surface area is 168 Å². The molecule has 1 aliphatic rings. The number of hydrogen-bond donors (Lipinski definition) is 2. The van der Waals surface area contributed by atoms with Gasteiger partial charge in [0.1, 0.15) is 5.82 Å². The molecule has 1 unspecified atom stereocenters. The molecule has 7 nitrogen and oxygen atoms in total. The molecule has 154 valence electrons. The molecule has 0 spiro atoms. The van der Waals surface area contributed by atoms with Crippen LogP contribution in [0, 0.1) is 5.82 Å². The molecule has 2 aromatic carbocycles. The minimum Gasteiger partial charge on any atom is -0.493 e. The summed E-state index contributed by atoms with van der Waals surface area (Å²) in [6.45, 7) is 0.737. The summed E-state index contributed by atoms with van der Waals surface area (Å²) in [5, 5.41) is 5.59. The molecule has 2 aromatic rings. The Morgan fingerprint density at radius 1 is 1.17 bits per heavy atom. The Morgan fingerprint density at radius 2 is 1.97 bits per heavy atom. The highest BCUT2D eigenvalue weighted by Crippen LogP contribution is 2.27. The number of urea groups is 1. The van der Waals surface area contributed by atoms with E-state index in [1.54, 1.807) is 26.4 Å². The average Bonchev–Trinajstić information content (AvgIpc) is 3.07. The first-order valence-electron chi connectivity index (χ1n) is 9.31. The van der Waals surface area contributed by atoms with Crippen LogP contribution in [0.4, 0.5) is 14.9 Å².